The first-order valence-corrected chi connectivity index (χ1v) is 9.37. The molecule has 2 aromatic carbocycles. The summed E-state index contributed by atoms with van der Waals surface area (Å²) in [6, 6.07) is 18.3. The summed E-state index contributed by atoms with van der Waals surface area (Å²) >= 11 is 0. The Balaban J connectivity index is 1.68. The summed E-state index contributed by atoms with van der Waals surface area (Å²) in [4.78, 5) is 23.7. The maximum atomic E-state index is 11.9. The Bertz CT molecular complexity index is 1070. The monoisotopic (exact) mass is 405 g/mol. The van der Waals surface area contributed by atoms with Crippen LogP contribution in [-0.2, 0) is 9.53 Å². The molecule has 1 amide bonds. The lowest BCUT2D eigenvalue weighted by Gasteiger charge is -2.11. The number of carbonyl (C=O) groups excluding carboxylic acids is 2. The van der Waals surface area contributed by atoms with E-state index in [1.165, 1.54) is 7.11 Å². The third-order valence-corrected chi connectivity index (χ3v) is 4.50. The number of benzene rings is 2. The second kappa shape index (κ2) is 9.56. The Hall–Kier alpha value is -3.87. The van der Waals surface area contributed by atoms with Crippen LogP contribution in [0.2, 0.25) is 0 Å². The number of para-hydroxylation sites is 1. The van der Waals surface area contributed by atoms with Crippen LogP contribution in [-0.4, -0.2) is 36.4 Å². The SMILES string of the molecule is COC(=O)c1cccc(-n2c(C)cc(/C=N\NC(=O)COc3ccccc3)c2C)c1. The van der Waals surface area contributed by atoms with Crippen molar-refractivity contribution >= 4 is 18.1 Å². The molecule has 0 saturated carbocycles. The zero-order valence-corrected chi connectivity index (χ0v) is 17.1. The van der Waals surface area contributed by atoms with Gasteiger partial charge in [-0.2, -0.15) is 5.10 Å². The van der Waals surface area contributed by atoms with Crippen LogP contribution in [0.3, 0.4) is 0 Å². The molecule has 3 rings (SSSR count). The zero-order chi connectivity index (χ0) is 21.5. The van der Waals surface area contributed by atoms with Crippen molar-refractivity contribution in [2.75, 3.05) is 13.7 Å². The summed E-state index contributed by atoms with van der Waals surface area (Å²) in [7, 11) is 1.36. The largest absolute Gasteiger partial charge is 0.484 e. The molecular weight excluding hydrogens is 382 g/mol. The van der Waals surface area contributed by atoms with Crippen LogP contribution in [0.4, 0.5) is 0 Å². The van der Waals surface area contributed by atoms with Crippen molar-refractivity contribution in [2.45, 2.75) is 13.8 Å². The molecule has 7 heteroatoms. The Morgan fingerprint density at radius 3 is 2.57 bits per heavy atom. The van der Waals surface area contributed by atoms with Gasteiger partial charge in [0.15, 0.2) is 6.61 Å². The lowest BCUT2D eigenvalue weighted by atomic mass is 10.2. The van der Waals surface area contributed by atoms with E-state index in [4.69, 9.17) is 9.47 Å². The molecule has 0 atom stereocenters. The molecule has 7 nitrogen and oxygen atoms in total. The number of ether oxygens (including phenoxy) is 2. The van der Waals surface area contributed by atoms with Crippen molar-refractivity contribution in [1.29, 1.82) is 0 Å². The maximum Gasteiger partial charge on any atom is 0.337 e. The van der Waals surface area contributed by atoms with E-state index in [0.29, 0.717) is 11.3 Å². The Morgan fingerprint density at radius 1 is 1.07 bits per heavy atom. The minimum absolute atomic E-state index is 0.124. The highest BCUT2D eigenvalue weighted by Crippen LogP contribution is 2.21. The van der Waals surface area contributed by atoms with E-state index in [9.17, 15) is 9.59 Å². The van der Waals surface area contributed by atoms with E-state index < -0.39 is 0 Å². The van der Waals surface area contributed by atoms with E-state index in [-0.39, 0.29) is 18.5 Å². The van der Waals surface area contributed by atoms with Crippen LogP contribution < -0.4 is 10.2 Å². The number of amides is 1. The number of hydrogen-bond acceptors (Lipinski definition) is 5. The fourth-order valence-corrected chi connectivity index (χ4v) is 3.08. The van der Waals surface area contributed by atoms with Gasteiger partial charge in [-0.3, -0.25) is 4.79 Å². The van der Waals surface area contributed by atoms with Crippen LogP contribution in [0.1, 0.15) is 27.3 Å². The zero-order valence-electron chi connectivity index (χ0n) is 17.1. The van der Waals surface area contributed by atoms with Gasteiger partial charge in [-0.15, -0.1) is 0 Å². The average Bonchev–Trinajstić information content (AvgIpc) is 3.05. The predicted octanol–water partition coefficient (Wildman–Crippen LogP) is 3.41. The Labute approximate surface area is 174 Å². The predicted molar refractivity (Wildman–Crippen MR) is 114 cm³/mol. The van der Waals surface area contributed by atoms with Gasteiger partial charge in [-0.25, -0.2) is 10.2 Å². The van der Waals surface area contributed by atoms with Crippen LogP contribution in [0, 0.1) is 13.8 Å². The van der Waals surface area contributed by atoms with Crippen molar-refractivity contribution in [3.8, 4) is 11.4 Å². The first kappa shape index (κ1) is 20.9. The molecule has 0 aliphatic heterocycles. The van der Waals surface area contributed by atoms with Crippen molar-refractivity contribution < 1.29 is 19.1 Å². The number of methoxy groups -OCH3 is 1. The quantitative estimate of drug-likeness (QED) is 0.371. The van der Waals surface area contributed by atoms with Gasteiger partial charge in [0.05, 0.1) is 18.9 Å². The van der Waals surface area contributed by atoms with Gasteiger partial charge < -0.3 is 14.0 Å². The molecule has 0 aliphatic rings. The molecule has 0 fully saturated rings. The lowest BCUT2D eigenvalue weighted by Crippen LogP contribution is -2.24. The normalized spacial score (nSPS) is 10.8. The number of rotatable bonds is 7. The lowest BCUT2D eigenvalue weighted by molar-refractivity contribution is -0.123. The molecule has 0 saturated heterocycles. The van der Waals surface area contributed by atoms with Crippen molar-refractivity contribution in [3.63, 3.8) is 0 Å². The van der Waals surface area contributed by atoms with Crippen LogP contribution >= 0.6 is 0 Å². The number of hydrazone groups is 1. The van der Waals surface area contributed by atoms with E-state index in [2.05, 4.69) is 10.5 Å². The molecule has 1 aromatic heterocycles. The standard InChI is InChI=1S/C23H23N3O4/c1-16-12-19(14-24-25-22(27)15-30-21-10-5-4-6-11-21)17(2)26(16)20-9-7-8-18(13-20)23(28)29-3/h4-14H,15H2,1-3H3,(H,25,27)/b24-14-. The first-order valence-electron chi connectivity index (χ1n) is 9.37. The maximum absolute atomic E-state index is 11.9. The number of carbonyl (C=O) groups is 2. The summed E-state index contributed by atoms with van der Waals surface area (Å²) in [5, 5.41) is 4.03. The van der Waals surface area contributed by atoms with Crippen LogP contribution in [0.5, 0.6) is 5.75 Å². The minimum atomic E-state index is -0.387. The average molecular weight is 405 g/mol. The fourth-order valence-electron chi connectivity index (χ4n) is 3.08. The molecule has 0 bridgehead atoms. The number of aromatic nitrogens is 1. The van der Waals surface area contributed by atoms with E-state index in [1.807, 2.05) is 48.7 Å². The van der Waals surface area contributed by atoms with Gasteiger partial charge in [-0.1, -0.05) is 24.3 Å². The summed E-state index contributed by atoms with van der Waals surface area (Å²) in [5.41, 5.74) is 6.52. The third kappa shape index (κ3) is 4.94. The molecule has 0 unspecified atom stereocenters. The van der Waals surface area contributed by atoms with Gasteiger partial charge in [-0.05, 0) is 50.2 Å². The minimum Gasteiger partial charge on any atom is -0.484 e. The summed E-state index contributed by atoms with van der Waals surface area (Å²) in [6.07, 6.45) is 1.59. The van der Waals surface area contributed by atoms with E-state index in [1.54, 1.807) is 36.5 Å². The molecular formula is C23H23N3O4. The summed E-state index contributed by atoms with van der Waals surface area (Å²) < 4.78 is 12.2. The van der Waals surface area contributed by atoms with Gasteiger partial charge in [0, 0.05) is 22.6 Å². The molecule has 0 radical (unpaired) electrons. The second-order valence-corrected chi connectivity index (χ2v) is 6.60. The van der Waals surface area contributed by atoms with Crippen LogP contribution in [0.25, 0.3) is 5.69 Å². The Morgan fingerprint density at radius 2 is 1.83 bits per heavy atom. The molecule has 154 valence electrons. The molecule has 3 aromatic rings. The molecule has 30 heavy (non-hydrogen) atoms. The fraction of sp³-hybridized carbons (Fsp3) is 0.174. The first-order chi connectivity index (χ1) is 14.5. The number of hydrogen-bond donors (Lipinski definition) is 1. The van der Waals surface area contributed by atoms with Gasteiger partial charge >= 0.3 is 5.97 Å². The highest BCUT2D eigenvalue weighted by molar-refractivity contribution is 5.90. The Kier molecular flexibility index (Phi) is 6.64. The van der Waals surface area contributed by atoms with Gasteiger partial charge in [0.2, 0.25) is 0 Å². The number of nitrogens with one attached hydrogen (secondary N) is 1. The number of aryl methyl sites for hydroxylation is 1. The number of esters is 1. The summed E-state index contributed by atoms with van der Waals surface area (Å²) in [6.45, 7) is 3.78. The second-order valence-electron chi connectivity index (χ2n) is 6.60. The van der Waals surface area contributed by atoms with Crippen molar-refractivity contribution in [1.82, 2.24) is 9.99 Å². The number of nitrogens with zero attached hydrogens (tertiary/aromatic N) is 2. The molecule has 1 N–H and O–H groups in total. The molecule has 0 spiro atoms. The molecule has 1 heterocycles. The third-order valence-electron chi connectivity index (χ3n) is 4.50. The summed E-state index contributed by atoms with van der Waals surface area (Å²) in [5.74, 6) is -0.120. The molecule has 0 aliphatic carbocycles. The van der Waals surface area contributed by atoms with Gasteiger partial charge in [0.25, 0.3) is 5.91 Å². The van der Waals surface area contributed by atoms with Crippen molar-refractivity contribution in [2.24, 2.45) is 5.10 Å². The van der Waals surface area contributed by atoms with E-state index in [0.717, 1.165) is 22.6 Å². The van der Waals surface area contributed by atoms with Crippen LogP contribution in [0.15, 0.2) is 65.8 Å². The smallest absolute Gasteiger partial charge is 0.337 e. The van der Waals surface area contributed by atoms with E-state index >= 15 is 0 Å². The highest BCUT2D eigenvalue weighted by Gasteiger charge is 2.12. The topological polar surface area (TPSA) is 81.9 Å². The highest BCUT2D eigenvalue weighted by atomic mass is 16.5. The van der Waals surface area contributed by atoms with Crippen molar-refractivity contribution in [3.05, 3.63) is 83.2 Å². The van der Waals surface area contributed by atoms with Gasteiger partial charge in [0.1, 0.15) is 5.75 Å².